The largest absolute Gasteiger partial charge is 0.396 e. The van der Waals surface area contributed by atoms with E-state index >= 15 is 0 Å². The lowest BCUT2D eigenvalue weighted by molar-refractivity contribution is -0.119. The minimum absolute atomic E-state index is 0.0840. The van der Waals surface area contributed by atoms with E-state index in [-0.39, 0.29) is 6.61 Å². The zero-order valence-electron chi connectivity index (χ0n) is 16.1. The van der Waals surface area contributed by atoms with Crippen LogP contribution in [0.2, 0.25) is 0 Å². The molecule has 0 unspecified atom stereocenters. The summed E-state index contributed by atoms with van der Waals surface area (Å²) in [4.78, 5) is 11.5. The molecular weight excluding hydrogens is 296 g/mol. The van der Waals surface area contributed by atoms with Gasteiger partial charge in [0, 0.05) is 19.4 Å². The molecule has 141 valence electrons. The van der Waals surface area contributed by atoms with Crippen LogP contribution in [0.25, 0.3) is 0 Å². The van der Waals surface area contributed by atoms with Crippen molar-refractivity contribution in [2.24, 2.45) is 0 Å². The van der Waals surface area contributed by atoms with Crippen LogP contribution in [0.3, 0.4) is 0 Å². The number of rotatable bonds is 19. The number of aliphatic hydroxyl groups is 1. The van der Waals surface area contributed by atoms with Crippen molar-refractivity contribution in [3.8, 4) is 0 Å². The van der Waals surface area contributed by atoms with Gasteiger partial charge in [0.25, 0.3) is 0 Å². The van der Waals surface area contributed by atoms with Crippen LogP contribution in [-0.2, 0) is 4.79 Å². The van der Waals surface area contributed by atoms with Crippen LogP contribution in [0.15, 0.2) is 12.2 Å². The molecule has 0 bridgehead atoms. The van der Waals surface area contributed by atoms with E-state index in [2.05, 4.69) is 19.1 Å². The van der Waals surface area contributed by atoms with Gasteiger partial charge in [-0.25, -0.2) is 0 Å². The van der Waals surface area contributed by atoms with Gasteiger partial charge in [0.1, 0.15) is 5.78 Å². The lowest BCUT2D eigenvalue weighted by Crippen LogP contribution is -1.98. The van der Waals surface area contributed by atoms with Crippen molar-refractivity contribution in [3.05, 3.63) is 18.6 Å². The van der Waals surface area contributed by atoms with Gasteiger partial charge in [0.05, 0.1) is 0 Å². The SMILES string of the molecule is CCCCCCCC/C=C\CCCCCCCC(=O)CC[CH]CO. The quantitative estimate of drug-likeness (QED) is 0.214. The molecule has 1 N–H and O–H groups in total. The predicted octanol–water partition coefficient (Wildman–Crippen LogP) is 6.57. The average molecular weight is 338 g/mol. The van der Waals surface area contributed by atoms with Crippen LogP contribution < -0.4 is 0 Å². The van der Waals surface area contributed by atoms with Gasteiger partial charge in [-0.1, -0.05) is 70.4 Å². The van der Waals surface area contributed by atoms with Crippen molar-refractivity contribution < 1.29 is 9.90 Å². The molecule has 0 saturated carbocycles. The Kier molecular flexibility index (Phi) is 19.9. The summed E-state index contributed by atoms with van der Waals surface area (Å²) in [5, 5.41) is 8.62. The molecule has 0 spiro atoms. The third-order valence-corrected chi connectivity index (χ3v) is 4.47. The summed E-state index contributed by atoms with van der Waals surface area (Å²) in [6, 6.07) is 0. The third-order valence-electron chi connectivity index (χ3n) is 4.47. The number of unbranched alkanes of at least 4 members (excludes halogenated alkanes) is 12. The van der Waals surface area contributed by atoms with E-state index in [0.717, 1.165) is 19.3 Å². The lowest BCUT2D eigenvalue weighted by Gasteiger charge is -2.01. The standard InChI is InChI=1S/C22H41O2/c1-2-3-4-5-6-7-8-9-10-11-12-13-14-15-16-19-22(24)20-17-18-21-23/h9-10,18,23H,2-8,11-17,19-21H2,1H3/b10-9-. The van der Waals surface area contributed by atoms with Gasteiger partial charge < -0.3 is 5.11 Å². The average Bonchev–Trinajstić information content (AvgIpc) is 2.58. The molecule has 0 amide bonds. The van der Waals surface area contributed by atoms with Gasteiger partial charge >= 0.3 is 0 Å². The summed E-state index contributed by atoms with van der Waals surface area (Å²) in [5.74, 6) is 0.345. The molecule has 0 aliphatic heterocycles. The Morgan fingerprint density at radius 1 is 0.708 bits per heavy atom. The minimum atomic E-state index is 0.0840. The number of hydrogen-bond donors (Lipinski definition) is 1. The zero-order chi connectivity index (χ0) is 17.7. The van der Waals surface area contributed by atoms with Gasteiger partial charge in [-0.2, -0.15) is 0 Å². The van der Waals surface area contributed by atoms with Crippen molar-refractivity contribution in [2.45, 2.75) is 110 Å². The molecule has 2 nitrogen and oxygen atoms in total. The van der Waals surface area contributed by atoms with Crippen LogP contribution in [0.4, 0.5) is 0 Å². The van der Waals surface area contributed by atoms with Crippen LogP contribution in [0.1, 0.15) is 110 Å². The Morgan fingerprint density at radius 2 is 1.25 bits per heavy atom. The molecule has 24 heavy (non-hydrogen) atoms. The Hall–Kier alpha value is -0.630. The van der Waals surface area contributed by atoms with Crippen LogP contribution in [0, 0.1) is 6.42 Å². The maximum Gasteiger partial charge on any atom is 0.132 e. The molecule has 2 heteroatoms. The van der Waals surface area contributed by atoms with Crippen LogP contribution in [0.5, 0.6) is 0 Å². The van der Waals surface area contributed by atoms with E-state index in [4.69, 9.17) is 5.11 Å². The second-order valence-corrected chi connectivity index (χ2v) is 6.88. The van der Waals surface area contributed by atoms with E-state index in [1.807, 2.05) is 0 Å². The van der Waals surface area contributed by atoms with Crippen molar-refractivity contribution >= 4 is 5.78 Å². The fraction of sp³-hybridized carbons (Fsp3) is 0.818. The van der Waals surface area contributed by atoms with Crippen LogP contribution in [-0.4, -0.2) is 17.5 Å². The van der Waals surface area contributed by atoms with Crippen molar-refractivity contribution in [2.75, 3.05) is 6.61 Å². The highest BCUT2D eigenvalue weighted by atomic mass is 16.2. The highest BCUT2D eigenvalue weighted by Crippen LogP contribution is 2.11. The molecule has 0 atom stereocenters. The molecule has 0 saturated heterocycles. The lowest BCUT2D eigenvalue weighted by atomic mass is 10.0. The Bertz CT molecular complexity index is 284. The van der Waals surface area contributed by atoms with Crippen molar-refractivity contribution in [3.63, 3.8) is 0 Å². The highest BCUT2D eigenvalue weighted by Gasteiger charge is 2.01. The molecule has 0 heterocycles. The highest BCUT2D eigenvalue weighted by molar-refractivity contribution is 5.78. The van der Waals surface area contributed by atoms with E-state index in [9.17, 15) is 4.79 Å². The van der Waals surface area contributed by atoms with Gasteiger partial charge in [-0.15, -0.1) is 0 Å². The third kappa shape index (κ3) is 19.4. The molecule has 0 fully saturated rings. The maximum atomic E-state index is 11.5. The predicted molar refractivity (Wildman–Crippen MR) is 105 cm³/mol. The number of aliphatic hydroxyl groups excluding tert-OH is 1. The van der Waals surface area contributed by atoms with Gasteiger partial charge in [-0.05, 0) is 44.9 Å². The number of allylic oxidation sites excluding steroid dienone is 2. The normalized spacial score (nSPS) is 11.4. The first-order chi connectivity index (χ1) is 11.8. The number of carbonyl (C=O) groups is 1. The van der Waals surface area contributed by atoms with E-state index in [1.54, 1.807) is 6.42 Å². The minimum Gasteiger partial charge on any atom is -0.396 e. The summed E-state index contributed by atoms with van der Waals surface area (Å²) >= 11 is 0. The topological polar surface area (TPSA) is 37.3 Å². The summed E-state index contributed by atoms with van der Waals surface area (Å²) in [6.45, 7) is 2.35. The molecular formula is C22H41O2. The van der Waals surface area contributed by atoms with Gasteiger partial charge in [0.2, 0.25) is 0 Å². The van der Waals surface area contributed by atoms with Crippen molar-refractivity contribution in [1.82, 2.24) is 0 Å². The summed E-state index contributed by atoms with van der Waals surface area (Å²) < 4.78 is 0. The molecule has 0 aromatic rings. The van der Waals surface area contributed by atoms with Gasteiger partial charge in [-0.3, -0.25) is 4.79 Å². The fourth-order valence-corrected chi connectivity index (χ4v) is 2.87. The molecule has 0 aromatic carbocycles. The second kappa shape index (κ2) is 20.4. The second-order valence-electron chi connectivity index (χ2n) is 6.88. The van der Waals surface area contributed by atoms with Gasteiger partial charge in [0.15, 0.2) is 0 Å². The molecule has 1 radical (unpaired) electrons. The zero-order valence-corrected chi connectivity index (χ0v) is 16.1. The Morgan fingerprint density at radius 3 is 1.83 bits per heavy atom. The molecule has 0 aromatic heterocycles. The summed E-state index contributed by atoms with van der Waals surface area (Å²) in [6.07, 6.45) is 25.3. The first-order valence-corrected chi connectivity index (χ1v) is 10.4. The van der Waals surface area contributed by atoms with Crippen LogP contribution >= 0.6 is 0 Å². The molecule has 0 rings (SSSR count). The summed E-state index contributed by atoms with van der Waals surface area (Å²) in [7, 11) is 0. The number of carbonyl (C=O) groups excluding carboxylic acids is 1. The molecule has 0 aliphatic rings. The maximum absolute atomic E-state index is 11.5. The Labute approximate surface area is 151 Å². The number of ketones is 1. The van der Waals surface area contributed by atoms with E-state index in [0.29, 0.717) is 12.2 Å². The van der Waals surface area contributed by atoms with E-state index in [1.165, 1.54) is 77.0 Å². The first kappa shape index (κ1) is 23.4. The number of hydrogen-bond acceptors (Lipinski definition) is 2. The monoisotopic (exact) mass is 337 g/mol. The number of Topliss-reactive ketones (excluding diaryl/α,β-unsaturated/α-hetero) is 1. The fourth-order valence-electron chi connectivity index (χ4n) is 2.87. The smallest absolute Gasteiger partial charge is 0.132 e. The summed E-state index contributed by atoms with van der Waals surface area (Å²) in [5.41, 5.74) is 0. The first-order valence-electron chi connectivity index (χ1n) is 10.4. The Balaban J connectivity index is 3.16. The molecule has 0 aliphatic carbocycles. The van der Waals surface area contributed by atoms with E-state index < -0.39 is 0 Å². The van der Waals surface area contributed by atoms with Crippen molar-refractivity contribution in [1.29, 1.82) is 0 Å².